The van der Waals surface area contributed by atoms with Crippen LogP contribution in [0.4, 0.5) is 8.78 Å². The summed E-state index contributed by atoms with van der Waals surface area (Å²) in [6, 6.07) is 0. The maximum atomic E-state index is 11.8. The molecule has 12 heavy (non-hydrogen) atoms. The topological polar surface area (TPSA) is 50.2 Å². The van der Waals surface area contributed by atoms with E-state index in [1.54, 1.807) is 0 Å². The Morgan fingerprint density at radius 3 is 2.50 bits per heavy atom. The van der Waals surface area contributed by atoms with Crippen molar-refractivity contribution in [2.45, 2.75) is 6.43 Å². The van der Waals surface area contributed by atoms with E-state index in [4.69, 9.17) is 5.11 Å². The van der Waals surface area contributed by atoms with Crippen molar-refractivity contribution in [3.63, 3.8) is 0 Å². The van der Waals surface area contributed by atoms with Gasteiger partial charge in [-0.15, -0.1) is 11.3 Å². The van der Waals surface area contributed by atoms with Gasteiger partial charge in [0.15, 0.2) is 0 Å². The zero-order valence-corrected chi connectivity index (χ0v) is 5.94. The molecular weight excluding hydrogens is 215 g/mol. The molecule has 0 aliphatic carbocycles. The van der Waals surface area contributed by atoms with Gasteiger partial charge in [0.25, 0.3) is 6.43 Å². The Morgan fingerprint density at radius 1 is 1.67 bits per heavy atom. The number of carbonyl (C=O) groups is 1. The fourth-order valence-corrected chi connectivity index (χ4v) is 1.10. The SMILES string of the molecule is O=C(O)c1ncc(C(F)F)s1.[KH]. The van der Waals surface area contributed by atoms with E-state index in [1.165, 1.54) is 0 Å². The first-order valence-corrected chi connectivity index (χ1v) is 3.40. The molecule has 1 aromatic heterocycles. The number of nitrogens with zero attached hydrogens (tertiary/aromatic N) is 1. The van der Waals surface area contributed by atoms with Crippen molar-refractivity contribution in [1.29, 1.82) is 0 Å². The van der Waals surface area contributed by atoms with E-state index in [0.29, 0.717) is 11.3 Å². The Morgan fingerprint density at radius 2 is 2.25 bits per heavy atom. The Kier molecular flexibility index (Phi) is 5.62. The predicted molar refractivity (Wildman–Crippen MR) is 41.2 cm³/mol. The maximum absolute atomic E-state index is 11.8. The molecule has 0 bridgehead atoms. The fraction of sp³-hybridized carbons (Fsp3) is 0.200. The van der Waals surface area contributed by atoms with Crippen molar-refractivity contribution in [2.75, 3.05) is 0 Å². The van der Waals surface area contributed by atoms with Crippen molar-refractivity contribution in [3.8, 4) is 0 Å². The number of hydrogen-bond acceptors (Lipinski definition) is 3. The number of thiazole rings is 1. The second-order valence-electron chi connectivity index (χ2n) is 1.67. The molecule has 0 unspecified atom stereocenters. The average Bonchev–Trinajstić information content (AvgIpc) is 2.33. The van der Waals surface area contributed by atoms with Crippen molar-refractivity contribution in [1.82, 2.24) is 4.98 Å². The summed E-state index contributed by atoms with van der Waals surface area (Å²) in [4.78, 5) is 13.1. The molecule has 3 nitrogen and oxygen atoms in total. The van der Waals surface area contributed by atoms with E-state index in [-0.39, 0.29) is 61.3 Å². The van der Waals surface area contributed by atoms with Crippen LogP contribution in [-0.2, 0) is 0 Å². The molecule has 1 aromatic rings. The fourth-order valence-electron chi connectivity index (χ4n) is 0.486. The van der Waals surface area contributed by atoms with Crippen LogP contribution in [0.3, 0.4) is 0 Å². The summed E-state index contributed by atoms with van der Waals surface area (Å²) in [5.74, 6) is -1.28. The van der Waals surface area contributed by atoms with E-state index in [9.17, 15) is 13.6 Å². The van der Waals surface area contributed by atoms with Crippen LogP contribution in [0.5, 0.6) is 0 Å². The molecule has 0 amide bonds. The number of aromatic nitrogens is 1. The van der Waals surface area contributed by atoms with E-state index in [2.05, 4.69) is 4.98 Å². The molecule has 1 N–H and O–H groups in total. The summed E-state index contributed by atoms with van der Waals surface area (Å²) in [6.45, 7) is 0. The van der Waals surface area contributed by atoms with E-state index >= 15 is 0 Å². The average molecular weight is 219 g/mol. The molecule has 1 heterocycles. The summed E-state index contributed by atoms with van der Waals surface area (Å²) in [5.41, 5.74) is 0. The normalized spacial score (nSPS) is 9.58. The number of aromatic carboxylic acids is 1. The number of carboxylic acid groups (broad SMARTS) is 1. The van der Waals surface area contributed by atoms with Gasteiger partial charge in [-0.3, -0.25) is 0 Å². The van der Waals surface area contributed by atoms with Crippen LogP contribution in [0.1, 0.15) is 21.1 Å². The third-order valence-electron chi connectivity index (χ3n) is 0.922. The molecule has 0 aromatic carbocycles. The second kappa shape index (κ2) is 5.35. The molecule has 0 saturated heterocycles. The van der Waals surface area contributed by atoms with Gasteiger partial charge in [-0.05, 0) is 0 Å². The molecule has 0 aliphatic heterocycles. The van der Waals surface area contributed by atoms with E-state index in [0.717, 1.165) is 6.20 Å². The van der Waals surface area contributed by atoms with Gasteiger partial charge < -0.3 is 5.11 Å². The molecule has 0 atom stereocenters. The van der Waals surface area contributed by atoms with Gasteiger partial charge in [0.1, 0.15) is 0 Å². The van der Waals surface area contributed by atoms with Crippen molar-refractivity contribution in [3.05, 3.63) is 16.1 Å². The molecular formula is C5H4F2KNO2S. The predicted octanol–water partition coefficient (Wildman–Crippen LogP) is 1.13. The number of halogens is 2. The first kappa shape index (κ1) is 12.6. The minimum absolute atomic E-state index is 0. The summed E-state index contributed by atoms with van der Waals surface area (Å²) < 4.78 is 23.6. The van der Waals surface area contributed by atoms with Gasteiger partial charge in [-0.25, -0.2) is 18.6 Å². The molecule has 0 aliphatic rings. The second-order valence-corrected chi connectivity index (χ2v) is 2.74. The number of alkyl halides is 2. The van der Waals surface area contributed by atoms with Crippen LogP contribution < -0.4 is 0 Å². The monoisotopic (exact) mass is 219 g/mol. The number of hydrogen-bond donors (Lipinski definition) is 1. The van der Waals surface area contributed by atoms with Gasteiger partial charge in [0, 0.05) is 6.20 Å². The number of rotatable bonds is 2. The van der Waals surface area contributed by atoms with E-state index in [1.807, 2.05) is 0 Å². The molecule has 62 valence electrons. The first-order valence-electron chi connectivity index (χ1n) is 2.58. The van der Waals surface area contributed by atoms with Crippen molar-refractivity contribution in [2.24, 2.45) is 0 Å². The molecule has 0 radical (unpaired) electrons. The van der Waals surface area contributed by atoms with Crippen LogP contribution in [-0.4, -0.2) is 67.4 Å². The molecule has 7 heteroatoms. The van der Waals surface area contributed by atoms with Crippen molar-refractivity contribution >= 4 is 68.7 Å². The van der Waals surface area contributed by atoms with Crippen LogP contribution in [0, 0.1) is 0 Å². The van der Waals surface area contributed by atoms with Gasteiger partial charge in [-0.1, -0.05) is 0 Å². The quantitative estimate of drug-likeness (QED) is 0.758. The van der Waals surface area contributed by atoms with Gasteiger partial charge in [0.05, 0.1) is 4.88 Å². The Labute approximate surface area is 113 Å². The van der Waals surface area contributed by atoms with Crippen LogP contribution >= 0.6 is 11.3 Å². The zero-order valence-electron chi connectivity index (χ0n) is 5.12. The molecule has 0 saturated carbocycles. The summed E-state index contributed by atoms with van der Waals surface area (Å²) >= 11 is 0.488. The summed E-state index contributed by atoms with van der Waals surface area (Å²) in [5, 5.41) is 7.98. The first-order chi connectivity index (χ1) is 5.11. The standard InChI is InChI=1S/C5H3F2NO2S.K.H/c6-3(7)2-1-8-4(11-2)5(9)10;;/h1,3H,(H,9,10);;. The minimum atomic E-state index is -2.64. The third-order valence-corrected chi connectivity index (χ3v) is 1.91. The van der Waals surface area contributed by atoms with Gasteiger partial charge in [0.2, 0.25) is 5.01 Å². The Bertz CT molecular complexity index is 278. The van der Waals surface area contributed by atoms with E-state index < -0.39 is 12.4 Å². The van der Waals surface area contributed by atoms with Gasteiger partial charge in [-0.2, -0.15) is 0 Å². The summed E-state index contributed by atoms with van der Waals surface area (Å²) in [6.07, 6.45) is -1.76. The molecule has 1 rings (SSSR count). The molecule has 0 fully saturated rings. The van der Waals surface area contributed by atoms with Gasteiger partial charge >= 0.3 is 57.4 Å². The number of carboxylic acids is 1. The van der Waals surface area contributed by atoms with Crippen LogP contribution in [0.15, 0.2) is 6.20 Å². The van der Waals surface area contributed by atoms with Crippen LogP contribution in [0.2, 0.25) is 0 Å². The Balaban J connectivity index is 0.00000121. The zero-order chi connectivity index (χ0) is 8.43. The summed E-state index contributed by atoms with van der Waals surface area (Å²) in [7, 11) is 0. The Hall–Kier alpha value is 0.596. The van der Waals surface area contributed by atoms with Crippen molar-refractivity contribution < 1.29 is 18.7 Å². The van der Waals surface area contributed by atoms with Crippen LogP contribution in [0.25, 0.3) is 0 Å². The molecule has 0 spiro atoms. The third kappa shape index (κ3) is 3.15.